The molecule has 0 aliphatic rings. The fraction of sp³-hybridized carbons (Fsp3) is 1.00. The molecule has 0 aliphatic carbocycles. The van der Waals surface area contributed by atoms with Crippen molar-refractivity contribution >= 4 is 0 Å². The van der Waals surface area contributed by atoms with E-state index in [1.807, 2.05) is 0 Å². The van der Waals surface area contributed by atoms with Crippen molar-refractivity contribution in [3.05, 3.63) is 10.1 Å². The van der Waals surface area contributed by atoms with E-state index in [0.717, 1.165) is 0 Å². The van der Waals surface area contributed by atoms with Crippen LogP contribution in [-0.2, 0) is 0 Å². The second-order valence-electron chi connectivity index (χ2n) is 1.65. The number of nitrogens with zero attached hydrogens (tertiary/aromatic N) is 1. The maximum absolute atomic E-state index is 12.1. The van der Waals surface area contributed by atoms with Crippen LogP contribution >= 0.6 is 0 Å². The minimum Gasteiger partial charge on any atom is -0.360 e. The standard InChI is InChI=1S/C3H6FNO4/c1-3(4,2(6)7)5(8)9/h2,6-7H,1H3. The third kappa shape index (κ3) is 1.58. The van der Waals surface area contributed by atoms with Crippen molar-refractivity contribution in [2.24, 2.45) is 0 Å². The van der Waals surface area contributed by atoms with Gasteiger partial charge in [-0.25, -0.2) is 0 Å². The van der Waals surface area contributed by atoms with Gasteiger partial charge in [0, 0.05) is 6.92 Å². The Bertz CT molecular complexity index is 123. The summed E-state index contributed by atoms with van der Waals surface area (Å²) >= 11 is 0. The normalized spacial score (nSPS) is 17.4. The summed E-state index contributed by atoms with van der Waals surface area (Å²) in [7, 11) is 0. The molecular formula is C3H6FNO4. The lowest BCUT2D eigenvalue weighted by molar-refractivity contribution is -0.626. The number of aliphatic hydroxyl groups is 2. The number of hydrogen-bond acceptors (Lipinski definition) is 4. The van der Waals surface area contributed by atoms with Gasteiger partial charge in [-0.2, -0.15) is 4.39 Å². The molecule has 0 rings (SSSR count). The Morgan fingerprint density at radius 3 is 2.11 bits per heavy atom. The molecule has 0 bridgehead atoms. The molecule has 9 heavy (non-hydrogen) atoms. The van der Waals surface area contributed by atoms with E-state index in [2.05, 4.69) is 0 Å². The van der Waals surface area contributed by atoms with E-state index in [-0.39, 0.29) is 0 Å². The van der Waals surface area contributed by atoms with Gasteiger partial charge in [0.2, 0.25) is 0 Å². The van der Waals surface area contributed by atoms with E-state index in [1.54, 1.807) is 0 Å². The molecule has 54 valence electrons. The molecule has 0 aromatic heterocycles. The Labute approximate surface area is 49.9 Å². The Balaban J connectivity index is 4.19. The Kier molecular flexibility index (Phi) is 2.05. The van der Waals surface area contributed by atoms with Crippen LogP contribution in [0.1, 0.15) is 6.92 Å². The van der Waals surface area contributed by atoms with Crippen molar-refractivity contribution < 1.29 is 19.5 Å². The van der Waals surface area contributed by atoms with Crippen LogP contribution in [0.5, 0.6) is 0 Å². The van der Waals surface area contributed by atoms with E-state index in [0.29, 0.717) is 6.92 Å². The van der Waals surface area contributed by atoms with E-state index in [1.165, 1.54) is 0 Å². The molecule has 2 N–H and O–H groups in total. The summed E-state index contributed by atoms with van der Waals surface area (Å²) in [6.45, 7) is 0.470. The van der Waals surface area contributed by atoms with Gasteiger partial charge < -0.3 is 10.2 Å². The number of nitro groups is 1. The van der Waals surface area contributed by atoms with Crippen molar-refractivity contribution in [2.45, 2.75) is 19.0 Å². The molecule has 0 radical (unpaired) electrons. The van der Waals surface area contributed by atoms with Crippen molar-refractivity contribution in [3.63, 3.8) is 0 Å². The number of aliphatic hydroxyl groups excluding tert-OH is 1. The smallest absolute Gasteiger partial charge is 0.360 e. The number of alkyl halides is 1. The highest BCUT2D eigenvalue weighted by Gasteiger charge is 2.44. The zero-order chi connectivity index (χ0) is 7.65. The maximum atomic E-state index is 12.1. The van der Waals surface area contributed by atoms with Gasteiger partial charge in [0.25, 0.3) is 6.29 Å². The summed E-state index contributed by atoms with van der Waals surface area (Å²) < 4.78 is 12.1. The van der Waals surface area contributed by atoms with E-state index in [9.17, 15) is 14.5 Å². The maximum Gasteiger partial charge on any atom is 0.405 e. The predicted octanol–water partition coefficient (Wildman–Crippen LogP) is -0.741. The molecule has 0 amide bonds. The summed E-state index contributed by atoms with van der Waals surface area (Å²) in [6, 6.07) is 0. The van der Waals surface area contributed by atoms with Gasteiger partial charge in [-0.15, -0.1) is 0 Å². The minimum atomic E-state index is -3.17. The Hall–Kier alpha value is -0.750. The lowest BCUT2D eigenvalue weighted by Crippen LogP contribution is -2.42. The summed E-state index contributed by atoms with van der Waals surface area (Å²) in [5, 5.41) is 25.6. The molecule has 1 unspecified atom stereocenters. The highest BCUT2D eigenvalue weighted by Crippen LogP contribution is 2.13. The molecule has 0 aromatic carbocycles. The molecule has 5 nitrogen and oxygen atoms in total. The first-order valence-corrected chi connectivity index (χ1v) is 2.08. The highest BCUT2D eigenvalue weighted by atomic mass is 19.1. The molecule has 0 fully saturated rings. The van der Waals surface area contributed by atoms with Crippen LogP contribution in [0.2, 0.25) is 0 Å². The topological polar surface area (TPSA) is 83.6 Å². The molecule has 0 heterocycles. The van der Waals surface area contributed by atoms with Crippen LogP contribution < -0.4 is 0 Å². The van der Waals surface area contributed by atoms with Gasteiger partial charge in [-0.1, -0.05) is 0 Å². The van der Waals surface area contributed by atoms with Crippen LogP contribution in [0.4, 0.5) is 4.39 Å². The molecule has 0 saturated carbocycles. The lowest BCUT2D eigenvalue weighted by atomic mass is 10.3. The van der Waals surface area contributed by atoms with Gasteiger partial charge in [-0.05, 0) is 0 Å². The van der Waals surface area contributed by atoms with E-state index < -0.39 is 17.0 Å². The average molecular weight is 139 g/mol. The second-order valence-corrected chi connectivity index (χ2v) is 1.65. The van der Waals surface area contributed by atoms with Crippen molar-refractivity contribution in [1.82, 2.24) is 0 Å². The molecule has 6 heteroatoms. The van der Waals surface area contributed by atoms with Crippen molar-refractivity contribution in [1.29, 1.82) is 0 Å². The molecule has 1 atom stereocenters. The zero-order valence-corrected chi connectivity index (χ0v) is 4.61. The Morgan fingerprint density at radius 1 is 1.78 bits per heavy atom. The van der Waals surface area contributed by atoms with Crippen LogP contribution in [0.15, 0.2) is 0 Å². The zero-order valence-electron chi connectivity index (χ0n) is 4.61. The number of halogens is 1. The fourth-order valence-corrected chi connectivity index (χ4v) is 0.0943. The van der Waals surface area contributed by atoms with Crippen LogP contribution in [0.3, 0.4) is 0 Å². The SMILES string of the molecule is CC(F)(C(O)O)[N+](=O)[O-]. The summed E-state index contributed by atoms with van der Waals surface area (Å²) in [6.07, 6.45) is -2.58. The van der Waals surface area contributed by atoms with Crippen molar-refractivity contribution in [3.8, 4) is 0 Å². The van der Waals surface area contributed by atoms with Crippen LogP contribution in [0.25, 0.3) is 0 Å². The monoisotopic (exact) mass is 139 g/mol. The van der Waals surface area contributed by atoms with Gasteiger partial charge in [0.1, 0.15) is 0 Å². The first-order chi connectivity index (χ1) is 3.89. The molecule has 0 saturated heterocycles. The van der Waals surface area contributed by atoms with Gasteiger partial charge >= 0.3 is 5.79 Å². The summed E-state index contributed by atoms with van der Waals surface area (Å²) in [5.74, 6) is -3.17. The summed E-state index contributed by atoms with van der Waals surface area (Å²) in [5.41, 5.74) is 0. The largest absolute Gasteiger partial charge is 0.405 e. The summed E-state index contributed by atoms with van der Waals surface area (Å²) in [4.78, 5) is 8.17. The third-order valence-electron chi connectivity index (χ3n) is 0.828. The molecule has 0 aromatic rings. The van der Waals surface area contributed by atoms with Gasteiger partial charge in [0.05, 0.1) is 4.92 Å². The van der Waals surface area contributed by atoms with E-state index in [4.69, 9.17) is 10.2 Å². The lowest BCUT2D eigenvalue weighted by Gasteiger charge is -2.11. The fourth-order valence-electron chi connectivity index (χ4n) is 0.0943. The first kappa shape index (κ1) is 8.25. The van der Waals surface area contributed by atoms with Crippen molar-refractivity contribution in [2.75, 3.05) is 0 Å². The highest BCUT2D eigenvalue weighted by molar-refractivity contribution is 4.59. The van der Waals surface area contributed by atoms with Crippen LogP contribution in [0, 0.1) is 10.1 Å². The second kappa shape index (κ2) is 2.24. The third-order valence-corrected chi connectivity index (χ3v) is 0.828. The number of hydrogen-bond donors (Lipinski definition) is 2. The number of rotatable bonds is 2. The minimum absolute atomic E-state index is 0.470. The average Bonchev–Trinajstić information content (AvgIpc) is 1.65. The van der Waals surface area contributed by atoms with Gasteiger partial charge in [-0.3, -0.25) is 10.1 Å². The molecule has 0 spiro atoms. The van der Waals surface area contributed by atoms with Crippen LogP contribution in [-0.4, -0.2) is 27.2 Å². The van der Waals surface area contributed by atoms with E-state index >= 15 is 0 Å². The van der Waals surface area contributed by atoms with Gasteiger partial charge in [0.15, 0.2) is 0 Å². The predicted molar refractivity (Wildman–Crippen MR) is 24.7 cm³/mol. The molecule has 0 aliphatic heterocycles. The quantitative estimate of drug-likeness (QED) is 0.228. The Morgan fingerprint density at radius 2 is 2.11 bits per heavy atom. The first-order valence-electron chi connectivity index (χ1n) is 2.08. The molecular weight excluding hydrogens is 133 g/mol.